The zero-order valence-electron chi connectivity index (χ0n) is 19.2. The van der Waals surface area contributed by atoms with Gasteiger partial charge in [-0.05, 0) is 62.1 Å². The van der Waals surface area contributed by atoms with Crippen LogP contribution in [-0.4, -0.2) is 27.6 Å². The molecule has 0 radical (unpaired) electrons. The van der Waals surface area contributed by atoms with Gasteiger partial charge in [-0.1, -0.05) is 38.1 Å². The normalized spacial score (nSPS) is 12.1. The van der Waals surface area contributed by atoms with E-state index in [-0.39, 0.29) is 5.56 Å². The SMILES string of the molecule is CCC(C)c1ccc(-n2c(-c3cncc(N(CC)CC)c3)nc3ccccc3c2=O)cc1. The van der Waals surface area contributed by atoms with E-state index in [4.69, 9.17) is 4.98 Å². The molecule has 2 heterocycles. The van der Waals surface area contributed by atoms with Crippen LogP contribution in [0.5, 0.6) is 0 Å². The molecule has 5 nitrogen and oxygen atoms in total. The van der Waals surface area contributed by atoms with Crippen molar-refractivity contribution < 1.29 is 0 Å². The summed E-state index contributed by atoms with van der Waals surface area (Å²) in [6.07, 6.45) is 4.72. The highest BCUT2D eigenvalue weighted by Crippen LogP contribution is 2.26. The fraction of sp³-hybridized carbons (Fsp3) is 0.296. The van der Waals surface area contributed by atoms with Gasteiger partial charge in [0.05, 0.1) is 28.5 Å². The molecule has 0 aliphatic carbocycles. The minimum Gasteiger partial charge on any atom is -0.371 e. The van der Waals surface area contributed by atoms with Crippen molar-refractivity contribution in [2.24, 2.45) is 0 Å². The summed E-state index contributed by atoms with van der Waals surface area (Å²) in [4.78, 5) is 25.2. The van der Waals surface area contributed by atoms with Gasteiger partial charge in [-0.15, -0.1) is 0 Å². The van der Waals surface area contributed by atoms with Crippen molar-refractivity contribution in [2.75, 3.05) is 18.0 Å². The molecule has 1 unspecified atom stereocenters. The summed E-state index contributed by atoms with van der Waals surface area (Å²) in [5.41, 5.74) is 4.54. The smallest absolute Gasteiger partial charge is 0.266 e. The van der Waals surface area contributed by atoms with Gasteiger partial charge in [0.15, 0.2) is 0 Å². The molecule has 0 bridgehead atoms. The van der Waals surface area contributed by atoms with E-state index < -0.39 is 0 Å². The van der Waals surface area contributed by atoms with Crippen molar-refractivity contribution in [3.05, 3.63) is 82.9 Å². The van der Waals surface area contributed by atoms with Crippen LogP contribution in [0, 0.1) is 0 Å². The number of fused-ring (bicyclic) bond motifs is 1. The Morgan fingerprint density at radius 3 is 2.38 bits per heavy atom. The first kappa shape index (κ1) is 21.8. The highest BCUT2D eigenvalue weighted by Gasteiger charge is 2.16. The summed E-state index contributed by atoms with van der Waals surface area (Å²) in [5.74, 6) is 1.08. The Morgan fingerprint density at radius 2 is 1.69 bits per heavy atom. The summed E-state index contributed by atoms with van der Waals surface area (Å²) in [5, 5.41) is 0.607. The van der Waals surface area contributed by atoms with Gasteiger partial charge in [0.1, 0.15) is 5.82 Å². The van der Waals surface area contributed by atoms with Crippen LogP contribution in [-0.2, 0) is 0 Å². The van der Waals surface area contributed by atoms with Crippen LogP contribution in [0.4, 0.5) is 5.69 Å². The predicted octanol–water partition coefficient (Wildman–Crippen LogP) is 5.81. The molecule has 32 heavy (non-hydrogen) atoms. The third-order valence-corrected chi connectivity index (χ3v) is 6.22. The van der Waals surface area contributed by atoms with E-state index in [1.165, 1.54) is 5.56 Å². The standard InChI is InChI=1S/C27H30N4O/c1-5-19(4)20-12-14-22(15-13-20)31-26(29-25-11-9-8-10-24(25)27(31)32)21-16-23(18-28-17-21)30(6-2)7-3/h8-19H,5-7H2,1-4H3. The molecule has 5 heteroatoms. The first-order valence-corrected chi connectivity index (χ1v) is 11.4. The highest BCUT2D eigenvalue weighted by molar-refractivity contribution is 5.80. The minimum atomic E-state index is -0.0740. The summed E-state index contributed by atoms with van der Waals surface area (Å²) < 4.78 is 1.71. The maximum Gasteiger partial charge on any atom is 0.266 e. The van der Waals surface area contributed by atoms with Crippen molar-refractivity contribution in [2.45, 2.75) is 40.0 Å². The van der Waals surface area contributed by atoms with Gasteiger partial charge in [0.2, 0.25) is 0 Å². The number of aromatic nitrogens is 3. The molecule has 164 valence electrons. The molecule has 4 rings (SSSR count). The Kier molecular flexibility index (Phi) is 6.35. The Hall–Kier alpha value is -3.47. The number of nitrogens with zero attached hydrogens (tertiary/aromatic N) is 4. The van der Waals surface area contributed by atoms with E-state index in [0.717, 1.165) is 36.4 Å². The number of benzene rings is 2. The molecule has 4 aromatic rings. The van der Waals surface area contributed by atoms with Crippen LogP contribution in [0.1, 0.15) is 45.6 Å². The van der Waals surface area contributed by atoms with Crippen molar-refractivity contribution in [1.82, 2.24) is 14.5 Å². The second kappa shape index (κ2) is 9.35. The lowest BCUT2D eigenvalue weighted by molar-refractivity contribution is 0.733. The van der Waals surface area contributed by atoms with Crippen LogP contribution in [0.2, 0.25) is 0 Å². The zero-order chi connectivity index (χ0) is 22.7. The molecule has 2 aromatic heterocycles. The first-order valence-electron chi connectivity index (χ1n) is 11.4. The monoisotopic (exact) mass is 426 g/mol. The summed E-state index contributed by atoms with van der Waals surface area (Å²) in [6, 6.07) is 17.8. The van der Waals surface area contributed by atoms with Crippen LogP contribution in [0.3, 0.4) is 0 Å². The highest BCUT2D eigenvalue weighted by atomic mass is 16.1. The number of rotatable bonds is 7. The van der Waals surface area contributed by atoms with Gasteiger partial charge in [-0.25, -0.2) is 4.98 Å². The van der Waals surface area contributed by atoms with Gasteiger partial charge in [0.25, 0.3) is 5.56 Å². The molecule has 0 N–H and O–H groups in total. The molecule has 0 fully saturated rings. The predicted molar refractivity (Wildman–Crippen MR) is 133 cm³/mol. The molecular formula is C27H30N4O. The average Bonchev–Trinajstić information content (AvgIpc) is 2.84. The summed E-state index contributed by atoms with van der Waals surface area (Å²) in [6.45, 7) is 10.4. The molecule has 0 saturated carbocycles. The summed E-state index contributed by atoms with van der Waals surface area (Å²) >= 11 is 0. The van der Waals surface area contributed by atoms with E-state index >= 15 is 0 Å². The van der Waals surface area contributed by atoms with Crippen molar-refractivity contribution in [3.8, 4) is 17.1 Å². The lowest BCUT2D eigenvalue weighted by Gasteiger charge is -2.21. The Labute approximate surface area is 189 Å². The van der Waals surface area contributed by atoms with E-state index in [2.05, 4.69) is 55.8 Å². The average molecular weight is 427 g/mol. The lowest BCUT2D eigenvalue weighted by atomic mass is 9.98. The Morgan fingerprint density at radius 1 is 0.969 bits per heavy atom. The Balaban J connectivity index is 1.95. The molecule has 0 saturated heterocycles. The quantitative estimate of drug-likeness (QED) is 0.374. The number of hydrogen-bond acceptors (Lipinski definition) is 4. The third kappa shape index (κ3) is 4.03. The molecular weight excluding hydrogens is 396 g/mol. The van der Waals surface area contributed by atoms with E-state index in [1.54, 1.807) is 10.8 Å². The van der Waals surface area contributed by atoms with E-state index in [0.29, 0.717) is 22.6 Å². The molecule has 1 atom stereocenters. The number of hydrogen-bond donors (Lipinski definition) is 0. The molecule has 0 spiro atoms. The van der Waals surface area contributed by atoms with Crippen LogP contribution in [0.25, 0.3) is 28.0 Å². The third-order valence-electron chi connectivity index (χ3n) is 6.22. The number of pyridine rings is 1. The maximum absolute atomic E-state index is 13.6. The van der Waals surface area contributed by atoms with Gasteiger partial charge in [0, 0.05) is 24.8 Å². The van der Waals surface area contributed by atoms with Crippen molar-refractivity contribution in [3.63, 3.8) is 0 Å². The number of para-hydroxylation sites is 1. The topological polar surface area (TPSA) is 51.0 Å². The van der Waals surface area contributed by atoms with Crippen LogP contribution in [0.15, 0.2) is 71.8 Å². The van der Waals surface area contributed by atoms with Gasteiger partial charge in [-0.3, -0.25) is 14.3 Å². The molecule has 0 amide bonds. The van der Waals surface area contributed by atoms with Gasteiger partial charge < -0.3 is 4.90 Å². The maximum atomic E-state index is 13.6. The second-order valence-corrected chi connectivity index (χ2v) is 8.10. The van der Waals surface area contributed by atoms with E-state index in [9.17, 15) is 4.79 Å². The van der Waals surface area contributed by atoms with Crippen molar-refractivity contribution in [1.29, 1.82) is 0 Å². The molecule has 0 aliphatic heterocycles. The first-order chi connectivity index (χ1) is 15.6. The number of anilines is 1. The van der Waals surface area contributed by atoms with Crippen molar-refractivity contribution >= 4 is 16.6 Å². The largest absolute Gasteiger partial charge is 0.371 e. The molecule has 2 aromatic carbocycles. The summed E-state index contributed by atoms with van der Waals surface area (Å²) in [7, 11) is 0. The fourth-order valence-corrected chi connectivity index (χ4v) is 4.07. The van der Waals surface area contributed by atoms with E-state index in [1.807, 2.05) is 42.6 Å². The lowest BCUT2D eigenvalue weighted by Crippen LogP contribution is -2.23. The van der Waals surface area contributed by atoms with Gasteiger partial charge in [-0.2, -0.15) is 0 Å². The second-order valence-electron chi connectivity index (χ2n) is 8.10. The Bertz CT molecular complexity index is 1270. The molecule has 0 aliphatic rings. The zero-order valence-corrected chi connectivity index (χ0v) is 19.2. The minimum absolute atomic E-state index is 0.0740. The van der Waals surface area contributed by atoms with Crippen LogP contribution >= 0.6 is 0 Å². The van der Waals surface area contributed by atoms with Gasteiger partial charge >= 0.3 is 0 Å². The van der Waals surface area contributed by atoms with Crippen LogP contribution < -0.4 is 10.5 Å². The fourth-order valence-electron chi connectivity index (χ4n) is 4.07.